The molecule has 32 heavy (non-hydrogen) atoms. The minimum atomic E-state index is -2.50. The summed E-state index contributed by atoms with van der Waals surface area (Å²) in [4.78, 5) is 25.6. The van der Waals surface area contributed by atoms with Crippen molar-refractivity contribution in [3.8, 4) is 17.2 Å². The van der Waals surface area contributed by atoms with Crippen LogP contribution in [-0.4, -0.2) is 41.4 Å². The highest BCUT2D eigenvalue weighted by atomic mass is 19.3. The van der Waals surface area contributed by atoms with E-state index < -0.39 is 24.2 Å². The molecule has 0 saturated heterocycles. The minimum Gasteiger partial charge on any atom is -0.497 e. The average molecular weight is 439 g/mol. The number of ether oxygens (including phenoxy) is 1. The molecule has 1 fully saturated rings. The highest BCUT2D eigenvalue weighted by Crippen LogP contribution is 2.44. The van der Waals surface area contributed by atoms with Crippen LogP contribution >= 0.6 is 0 Å². The van der Waals surface area contributed by atoms with Gasteiger partial charge in [0.2, 0.25) is 18.2 Å². The summed E-state index contributed by atoms with van der Waals surface area (Å²) in [5, 5.41) is 7.04. The number of pyridine rings is 2. The largest absolute Gasteiger partial charge is 0.497 e. The van der Waals surface area contributed by atoms with Crippen molar-refractivity contribution in [1.82, 2.24) is 15.0 Å². The molecule has 0 radical (unpaired) electrons. The van der Waals surface area contributed by atoms with Gasteiger partial charge in [-0.15, -0.1) is 0 Å². The standard InChI is InChI=1S/C22H19F2N5O3/c1-25-20-14-8-26-18(29-21(30)13-6-12(13)19(23)24)7-11(14)15(9-27-20)22-28-16-5-10(31-2)3-4-17(16)32-22/h3-5,7-9,12-13,19H,6H2,1-2H3,(H,25,27)(H,26,29,30)/t12-,13+/m0/s1. The Morgan fingerprint density at radius 3 is 2.78 bits per heavy atom. The zero-order valence-electron chi connectivity index (χ0n) is 17.2. The molecular formula is C22H19F2N5O3. The van der Waals surface area contributed by atoms with E-state index in [1.54, 1.807) is 50.8 Å². The maximum Gasteiger partial charge on any atom is 0.242 e. The van der Waals surface area contributed by atoms with Gasteiger partial charge in [0.25, 0.3) is 0 Å². The van der Waals surface area contributed by atoms with Crippen molar-refractivity contribution in [3.63, 3.8) is 0 Å². The van der Waals surface area contributed by atoms with E-state index >= 15 is 0 Å². The molecule has 164 valence electrons. The number of hydrogen-bond donors (Lipinski definition) is 2. The lowest BCUT2D eigenvalue weighted by Gasteiger charge is -2.10. The summed E-state index contributed by atoms with van der Waals surface area (Å²) >= 11 is 0. The Morgan fingerprint density at radius 2 is 2.06 bits per heavy atom. The third-order valence-corrected chi connectivity index (χ3v) is 5.59. The van der Waals surface area contributed by atoms with E-state index in [-0.39, 0.29) is 12.2 Å². The first-order chi connectivity index (χ1) is 15.5. The van der Waals surface area contributed by atoms with Crippen LogP contribution in [0.3, 0.4) is 0 Å². The van der Waals surface area contributed by atoms with Gasteiger partial charge in [-0.1, -0.05) is 0 Å². The maximum absolute atomic E-state index is 12.8. The van der Waals surface area contributed by atoms with E-state index in [0.29, 0.717) is 44.9 Å². The Balaban J connectivity index is 1.55. The van der Waals surface area contributed by atoms with E-state index in [0.717, 1.165) is 0 Å². The predicted octanol–water partition coefficient (Wildman–Crippen LogP) is 4.33. The Morgan fingerprint density at radius 1 is 1.22 bits per heavy atom. The van der Waals surface area contributed by atoms with Crippen LogP contribution in [0.4, 0.5) is 20.4 Å². The number of anilines is 2. The first kappa shape index (κ1) is 20.1. The molecule has 1 aromatic carbocycles. The Kier molecular flexibility index (Phi) is 4.84. The van der Waals surface area contributed by atoms with E-state index in [1.165, 1.54) is 0 Å². The van der Waals surface area contributed by atoms with Gasteiger partial charge in [0, 0.05) is 48.1 Å². The average Bonchev–Trinajstić information content (AvgIpc) is 3.51. The van der Waals surface area contributed by atoms with Gasteiger partial charge < -0.3 is 19.8 Å². The van der Waals surface area contributed by atoms with Crippen molar-refractivity contribution < 1.29 is 22.7 Å². The van der Waals surface area contributed by atoms with Crippen LogP contribution < -0.4 is 15.4 Å². The number of benzene rings is 1. The topological polar surface area (TPSA) is 102 Å². The summed E-state index contributed by atoms with van der Waals surface area (Å²) in [6.07, 6.45) is 0.873. The number of oxazole rings is 1. The van der Waals surface area contributed by atoms with E-state index in [2.05, 4.69) is 25.6 Å². The van der Waals surface area contributed by atoms with Crippen LogP contribution in [0.15, 0.2) is 41.1 Å². The lowest BCUT2D eigenvalue weighted by molar-refractivity contribution is -0.118. The SMILES string of the molecule is CNc1ncc(-c2nc3cc(OC)ccc3o2)c2cc(NC(=O)[C@@H]3C[C@@H]3C(F)F)ncc12. The molecule has 0 unspecified atom stereocenters. The molecule has 10 heteroatoms. The van der Waals surface area contributed by atoms with Gasteiger partial charge in [-0.25, -0.2) is 23.7 Å². The number of rotatable bonds is 6. The number of methoxy groups -OCH3 is 1. The molecule has 0 aliphatic heterocycles. The fourth-order valence-electron chi connectivity index (χ4n) is 3.74. The highest BCUT2D eigenvalue weighted by Gasteiger charge is 2.48. The van der Waals surface area contributed by atoms with Crippen molar-refractivity contribution >= 4 is 39.4 Å². The normalized spacial score (nSPS) is 17.7. The van der Waals surface area contributed by atoms with Crippen LogP contribution in [0.5, 0.6) is 5.75 Å². The number of hydrogen-bond acceptors (Lipinski definition) is 7. The second-order valence-electron chi connectivity index (χ2n) is 7.57. The second-order valence-corrected chi connectivity index (χ2v) is 7.57. The van der Waals surface area contributed by atoms with Crippen molar-refractivity contribution in [2.45, 2.75) is 12.8 Å². The predicted molar refractivity (Wildman–Crippen MR) is 115 cm³/mol. The van der Waals surface area contributed by atoms with Crippen LogP contribution in [0.2, 0.25) is 0 Å². The first-order valence-electron chi connectivity index (χ1n) is 9.99. The van der Waals surface area contributed by atoms with Crippen molar-refractivity contribution in [3.05, 3.63) is 36.7 Å². The molecule has 2 atom stereocenters. The third kappa shape index (κ3) is 3.47. The number of amides is 1. The van der Waals surface area contributed by atoms with Crippen molar-refractivity contribution in [2.24, 2.45) is 11.8 Å². The number of nitrogens with zero attached hydrogens (tertiary/aromatic N) is 3. The molecule has 2 N–H and O–H groups in total. The van der Waals surface area contributed by atoms with Crippen LogP contribution in [0.1, 0.15) is 6.42 Å². The summed E-state index contributed by atoms with van der Waals surface area (Å²) in [7, 11) is 3.31. The molecule has 8 nitrogen and oxygen atoms in total. The Bertz CT molecular complexity index is 1340. The molecular weight excluding hydrogens is 420 g/mol. The van der Waals surface area contributed by atoms with Crippen molar-refractivity contribution in [1.29, 1.82) is 0 Å². The molecule has 1 aliphatic carbocycles. The van der Waals surface area contributed by atoms with E-state index in [9.17, 15) is 13.6 Å². The lowest BCUT2D eigenvalue weighted by Crippen LogP contribution is -2.17. The summed E-state index contributed by atoms with van der Waals surface area (Å²) in [5.41, 5.74) is 1.81. The van der Waals surface area contributed by atoms with Gasteiger partial charge >= 0.3 is 0 Å². The molecule has 5 rings (SSSR count). The van der Waals surface area contributed by atoms with E-state index in [4.69, 9.17) is 9.15 Å². The summed E-state index contributed by atoms with van der Waals surface area (Å²) in [6.45, 7) is 0. The number of aromatic nitrogens is 3. The third-order valence-electron chi connectivity index (χ3n) is 5.59. The van der Waals surface area contributed by atoms with Gasteiger partial charge in [-0.05, 0) is 24.6 Å². The van der Waals surface area contributed by atoms with Crippen LogP contribution in [0, 0.1) is 11.8 Å². The smallest absolute Gasteiger partial charge is 0.242 e. The number of carbonyl (C=O) groups is 1. The molecule has 3 aromatic heterocycles. The maximum atomic E-state index is 12.8. The van der Waals surface area contributed by atoms with Crippen LogP contribution in [0.25, 0.3) is 33.3 Å². The fraction of sp³-hybridized carbons (Fsp3) is 0.273. The van der Waals surface area contributed by atoms with Crippen molar-refractivity contribution in [2.75, 3.05) is 24.8 Å². The van der Waals surface area contributed by atoms with Gasteiger partial charge in [-0.3, -0.25) is 4.79 Å². The highest BCUT2D eigenvalue weighted by molar-refractivity contribution is 6.03. The zero-order chi connectivity index (χ0) is 22.4. The molecule has 0 bridgehead atoms. The second kappa shape index (κ2) is 7.70. The Labute approximate surface area is 181 Å². The Hall–Kier alpha value is -3.82. The zero-order valence-corrected chi connectivity index (χ0v) is 17.2. The van der Waals surface area contributed by atoms with Gasteiger partial charge in [0.1, 0.15) is 22.9 Å². The lowest BCUT2D eigenvalue weighted by atomic mass is 10.1. The summed E-state index contributed by atoms with van der Waals surface area (Å²) in [6, 6.07) is 6.98. The monoisotopic (exact) mass is 439 g/mol. The molecule has 0 spiro atoms. The number of nitrogens with one attached hydrogen (secondary N) is 2. The summed E-state index contributed by atoms with van der Waals surface area (Å²) in [5.74, 6) is -0.187. The number of fused-ring (bicyclic) bond motifs is 2. The molecule has 1 aliphatic rings. The fourth-order valence-corrected chi connectivity index (χ4v) is 3.74. The molecule has 3 heterocycles. The number of alkyl halides is 2. The molecule has 1 amide bonds. The van der Waals surface area contributed by atoms with Gasteiger partial charge in [-0.2, -0.15) is 0 Å². The number of carbonyl (C=O) groups excluding carboxylic acids is 1. The quantitative estimate of drug-likeness (QED) is 0.461. The van der Waals surface area contributed by atoms with Gasteiger partial charge in [0.15, 0.2) is 5.58 Å². The number of halogens is 2. The molecule has 1 saturated carbocycles. The first-order valence-corrected chi connectivity index (χ1v) is 9.99. The minimum absolute atomic E-state index is 0.183. The summed E-state index contributed by atoms with van der Waals surface area (Å²) < 4.78 is 36.8. The van der Waals surface area contributed by atoms with E-state index in [1.807, 2.05) is 0 Å². The molecule has 4 aromatic rings. The van der Waals surface area contributed by atoms with Gasteiger partial charge in [0.05, 0.1) is 12.7 Å². The van der Waals surface area contributed by atoms with Crippen LogP contribution in [-0.2, 0) is 4.79 Å².